The topological polar surface area (TPSA) is 94.6 Å². The number of hydrogen-bond acceptors (Lipinski definition) is 5. The minimum atomic E-state index is 0.314. The van der Waals surface area contributed by atoms with Crippen LogP contribution in [-0.2, 0) is 0 Å². The second-order valence-electron chi connectivity index (χ2n) is 9.56. The van der Waals surface area contributed by atoms with Crippen LogP contribution >= 0.6 is 0 Å². The third-order valence-electron chi connectivity index (χ3n) is 7.39. The van der Waals surface area contributed by atoms with Crippen LogP contribution in [-0.4, -0.2) is 33.0 Å². The van der Waals surface area contributed by atoms with Crippen LogP contribution in [0, 0.1) is 0 Å². The predicted octanol–water partition coefficient (Wildman–Crippen LogP) is 5.73. The molecule has 3 aromatic heterocycles. The molecule has 2 aromatic carbocycles. The molecular weight excluding hydrogens is 436 g/mol. The quantitative estimate of drug-likeness (QED) is 0.267. The lowest BCUT2D eigenvalue weighted by Crippen LogP contribution is -2.14. The Labute approximate surface area is 203 Å². The first-order valence-corrected chi connectivity index (χ1v) is 12.5. The molecule has 7 nitrogen and oxygen atoms in total. The van der Waals surface area contributed by atoms with Crippen LogP contribution in [0.2, 0.25) is 0 Å². The van der Waals surface area contributed by atoms with Crippen LogP contribution in [0.5, 0.6) is 0 Å². The minimum absolute atomic E-state index is 0.314. The van der Waals surface area contributed by atoms with E-state index in [-0.39, 0.29) is 0 Å². The molecule has 2 aliphatic heterocycles. The summed E-state index contributed by atoms with van der Waals surface area (Å²) in [6.45, 7) is 2.12. The molecular formula is C28H28N6O. The third kappa shape index (κ3) is 3.68. The average Bonchev–Trinajstić information content (AvgIpc) is 3.72. The molecule has 0 bridgehead atoms. The van der Waals surface area contributed by atoms with Gasteiger partial charge in [0.2, 0.25) is 0 Å². The number of nitrogens with one attached hydrogen (secondary N) is 4. The summed E-state index contributed by atoms with van der Waals surface area (Å²) in [5.41, 5.74) is 7.40. The fourth-order valence-electron chi connectivity index (χ4n) is 5.50. The zero-order chi connectivity index (χ0) is 23.2. The van der Waals surface area contributed by atoms with E-state index in [1.807, 2.05) is 18.5 Å². The van der Waals surface area contributed by atoms with Gasteiger partial charge in [0.05, 0.1) is 42.1 Å². The van der Waals surface area contributed by atoms with Gasteiger partial charge in [-0.05, 0) is 67.6 Å². The molecule has 0 amide bonds. The van der Waals surface area contributed by atoms with Gasteiger partial charge in [-0.25, -0.2) is 9.97 Å². The van der Waals surface area contributed by atoms with Gasteiger partial charge in [0.1, 0.15) is 17.2 Å². The molecule has 2 fully saturated rings. The largest absolute Gasteiger partial charge is 0.464 e. The van der Waals surface area contributed by atoms with E-state index >= 15 is 0 Å². The molecule has 0 radical (unpaired) electrons. The van der Waals surface area contributed by atoms with Crippen molar-refractivity contribution in [3.05, 3.63) is 72.8 Å². The summed E-state index contributed by atoms with van der Waals surface area (Å²) >= 11 is 0. The average molecular weight is 465 g/mol. The lowest BCUT2D eigenvalue weighted by atomic mass is 9.97. The highest BCUT2D eigenvalue weighted by atomic mass is 16.3. The fraction of sp³-hybridized carbons (Fsp3) is 0.286. The Hall–Kier alpha value is -3.68. The number of furan rings is 1. The van der Waals surface area contributed by atoms with Crippen LogP contribution in [0.25, 0.3) is 44.6 Å². The van der Waals surface area contributed by atoms with Gasteiger partial charge in [-0.2, -0.15) is 0 Å². The van der Waals surface area contributed by atoms with E-state index in [2.05, 4.69) is 67.0 Å². The maximum absolute atomic E-state index is 5.96. The van der Waals surface area contributed by atoms with Crippen molar-refractivity contribution >= 4 is 11.0 Å². The molecule has 0 spiro atoms. The molecule has 35 heavy (non-hydrogen) atoms. The van der Waals surface area contributed by atoms with Crippen molar-refractivity contribution in [2.75, 3.05) is 13.1 Å². The number of aromatic amines is 2. The van der Waals surface area contributed by atoms with Gasteiger partial charge in [-0.3, -0.25) is 0 Å². The second-order valence-corrected chi connectivity index (χ2v) is 9.56. The molecule has 0 unspecified atom stereocenters. The molecule has 7 heteroatoms. The number of H-pyrrole nitrogens is 2. The van der Waals surface area contributed by atoms with Crippen LogP contribution in [0.1, 0.15) is 49.4 Å². The van der Waals surface area contributed by atoms with E-state index in [0.29, 0.717) is 12.1 Å². The summed E-state index contributed by atoms with van der Waals surface area (Å²) in [7, 11) is 0. The Morgan fingerprint density at radius 3 is 2.00 bits per heavy atom. The van der Waals surface area contributed by atoms with Crippen molar-refractivity contribution in [3.8, 4) is 33.6 Å². The fourth-order valence-corrected chi connectivity index (χ4v) is 5.50. The Bertz CT molecular complexity index is 1460. The van der Waals surface area contributed by atoms with Gasteiger partial charge in [-0.1, -0.05) is 30.3 Å². The normalized spacial score (nSPS) is 20.2. The number of hydrogen-bond donors (Lipinski definition) is 4. The molecule has 2 atom stereocenters. The van der Waals surface area contributed by atoms with E-state index in [1.54, 1.807) is 6.26 Å². The molecule has 5 aromatic rings. The van der Waals surface area contributed by atoms with Crippen LogP contribution < -0.4 is 10.6 Å². The van der Waals surface area contributed by atoms with Crippen LogP contribution in [0.4, 0.5) is 0 Å². The van der Waals surface area contributed by atoms with Gasteiger partial charge in [-0.15, -0.1) is 0 Å². The maximum atomic E-state index is 5.96. The van der Waals surface area contributed by atoms with Crippen molar-refractivity contribution in [1.29, 1.82) is 0 Å². The summed E-state index contributed by atoms with van der Waals surface area (Å²) < 4.78 is 5.96. The third-order valence-corrected chi connectivity index (χ3v) is 7.39. The monoisotopic (exact) mass is 464 g/mol. The first-order chi connectivity index (χ1) is 17.3. The van der Waals surface area contributed by atoms with Gasteiger partial charge < -0.3 is 25.0 Å². The molecule has 176 valence electrons. The molecule has 0 saturated carbocycles. The Kier molecular flexibility index (Phi) is 5.03. The number of rotatable bonds is 5. The summed E-state index contributed by atoms with van der Waals surface area (Å²) in [5, 5.41) is 8.11. The van der Waals surface area contributed by atoms with Gasteiger partial charge in [0, 0.05) is 10.9 Å². The van der Waals surface area contributed by atoms with Crippen LogP contribution in [0.15, 0.2) is 65.5 Å². The highest BCUT2D eigenvalue weighted by Gasteiger charge is 2.21. The first kappa shape index (κ1) is 20.7. The SMILES string of the molecule is c1cc2c(-c3ccc(-c4cnc([C@@H]5CCCN5)[nH]4)cc3)ccc(-c3cnc([C@@H]4CCCN4)[nH]3)c2o1. The van der Waals surface area contributed by atoms with Gasteiger partial charge in [0.15, 0.2) is 0 Å². The van der Waals surface area contributed by atoms with Crippen molar-refractivity contribution < 1.29 is 4.42 Å². The standard InChI is InChI=1S/C28H28N6O/c1-3-22(29-12-1)27-31-15-24(33-27)18-7-5-17(6-8-18)19-9-10-21(26-20(19)11-14-35-26)25-16-32-28(34-25)23-4-2-13-30-23/h5-11,14-16,22-23,29-30H,1-4,12-13H2,(H,31,33)(H,32,34)/t22-,23-/m0/s1. The van der Waals surface area contributed by atoms with Crippen molar-refractivity contribution in [3.63, 3.8) is 0 Å². The Morgan fingerprint density at radius 2 is 1.31 bits per heavy atom. The number of imidazole rings is 2. The zero-order valence-corrected chi connectivity index (χ0v) is 19.5. The van der Waals surface area contributed by atoms with Crippen molar-refractivity contribution in [1.82, 2.24) is 30.6 Å². The Balaban J connectivity index is 1.18. The van der Waals surface area contributed by atoms with Gasteiger partial charge >= 0.3 is 0 Å². The lowest BCUT2D eigenvalue weighted by molar-refractivity contribution is 0.612. The number of nitrogens with zero attached hydrogens (tertiary/aromatic N) is 2. The summed E-state index contributed by atoms with van der Waals surface area (Å²) in [5.74, 6) is 2.03. The highest BCUT2D eigenvalue weighted by Crippen LogP contribution is 2.37. The van der Waals surface area contributed by atoms with E-state index in [4.69, 9.17) is 4.42 Å². The Morgan fingerprint density at radius 1 is 0.686 bits per heavy atom. The zero-order valence-electron chi connectivity index (χ0n) is 19.5. The number of aromatic nitrogens is 4. The van der Waals surface area contributed by atoms with Crippen molar-refractivity contribution in [2.45, 2.75) is 37.8 Å². The molecule has 7 rings (SSSR count). The van der Waals surface area contributed by atoms with Crippen LogP contribution in [0.3, 0.4) is 0 Å². The lowest BCUT2D eigenvalue weighted by Gasteiger charge is -2.08. The summed E-state index contributed by atoms with van der Waals surface area (Å²) in [4.78, 5) is 16.3. The van der Waals surface area contributed by atoms with E-state index in [9.17, 15) is 0 Å². The first-order valence-electron chi connectivity index (χ1n) is 12.5. The minimum Gasteiger partial charge on any atom is -0.464 e. The van der Waals surface area contributed by atoms with E-state index in [0.717, 1.165) is 82.2 Å². The molecule has 0 aliphatic carbocycles. The molecule has 2 saturated heterocycles. The predicted molar refractivity (Wildman–Crippen MR) is 137 cm³/mol. The summed E-state index contributed by atoms with van der Waals surface area (Å²) in [6.07, 6.45) is 10.3. The van der Waals surface area contributed by atoms with E-state index < -0.39 is 0 Å². The van der Waals surface area contributed by atoms with Crippen molar-refractivity contribution in [2.24, 2.45) is 0 Å². The van der Waals surface area contributed by atoms with E-state index in [1.165, 1.54) is 12.8 Å². The molecule has 4 N–H and O–H groups in total. The maximum Gasteiger partial charge on any atom is 0.143 e. The second kappa shape index (κ2) is 8.52. The smallest absolute Gasteiger partial charge is 0.143 e. The van der Waals surface area contributed by atoms with Gasteiger partial charge in [0.25, 0.3) is 0 Å². The number of fused-ring (bicyclic) bond motifs is 1. The molecule has 2 aliphatic rings. The highest BCUT2D eigenvalue weighted by molar-refractivity contribution is 6.01. The molecule has 5 heterocycles. The number of benzene rings is 2. The summed E-state index contributed by atoms with van der Waals surface area (Å²) in [6, 6.07) is 15.7.